The molecule has 0 atom stereocenters. The summed E-state index contributed by atoms with van der Waals surface area (Å²) in [5.41, 5.74) is 0.788. The zero-order valence-electron chi connectivity index (χ0n) is 16.8. The highest BCUT2D eigenvalue weighted by Gasteiger charge is 2.22. The predicted molar refractivity (Wildman–Crippen MR) is 109 cm³/mol. The minimum atomic E-state index is -0.210. The van der Waals surface area contributed by atoms with Crippen LogP contribution in [0, 0.1) is 0 Å². The molecule has 2 amide bonds. The second kappa shape index (κ2) is 9.77. The Morgan fingerprint density at radius 1 is 1.03 bits per heavy atom. The Morgan fingerprint density at radius 3 is 2.45 bits per heavy atom. The second-order valence-electron chi connectivity index (χ2n) is 6.70. The van der Waals surface area contributed by atoms with Crippen LogP contribution in [0.2, 0.25) is 0 Å². The largest absolute Gasteiger partial charge is 0.493 e. The number of ether oxygens (including phenoxy) is 2. The lowest BCUT2D eigenvalue weighted by Crippen LogP contribution is -2.51. The Kier molecular flexibility index (Phi) is 6.89. The first kappa shape index (κ1) is 20.4. The van der Waals surface area contributed by atoms with E-state index in [2.05, 4.69) is 15.2 Å². The standard InChI is InChI=1S/C21H26N4O4/c1-28-17-7-6-16(13-18(17)29-2)14-20(26)23-15-21(27)25-11-9-24(10-12-25)19-5-3-4-8-22-19/h3-8,13H,9-12,14-15H2,1-2H3,(H,23,26). The van der Waals surface area contributed by atoms with Crippen LogP contribution in [-0.2, 0) is 16.0 Å². The molecule has 1 N–H and O–H groups in total. The van der Waals surface area contributed by atoms with Crippen molar-refractivity contribution in [3.8, 4) is 11.5 Å². The van der Waals surface area contributed by atoms with Gasteiger partial charge >= 0.3 is 0 Å². The SMILES string of the molecule is COc1ccc(CC(=O)NCC(=O)N2CCN(c3ccccn3)CC2)cc1OC. The van der Waals surface area contributed by atoms with Crippen molar-refractivity contribution in [1.29, 1.82) is 0 Å². The van der Waals surface area contributed by atoms with Gasteiger partial charge in [-0.15, -0.1) is 0 Å². The summed E-state index contributed by atoms with van der Waals surface area (Å²) in [5.74, 6) is 1.81. The van der Waals surface area contributed by atoms with E-state index < -0.39 is 0 Å². The van der Waals surface area contributed by atoms with E-state index >= 15 is 0 Å². The van der Waals surface area contributed by atoms with Crippen LogP contribution in [-0.4, -0.2) is 68.6 Å². The lowest BCUT2D eigenvalue weighted by Gasteiger charge is -2.35. The number of pyridine rings is 1. The minimum Gasteiger partial charge on any atom is -0.493 e. The maximum absolute atomic E-state index is 12.4. The molecule has 154 valence electrons. The second-order valence-corrected chi connectivity index (χ2v) is 6.70. The molecule has 0 spiro atoms. The molecule has 0 bridgehead atoms. The Balaban J connectivity index is 1.44. The minimum absolute atomic E-state index is 0.00426. The third kappa shape index (κ3) is 5.37. The van der Waals surface area contributed by atoms with Gasteiger partial charge in [0.05, 0.1) is 27.2 Å². The summed E-state index contributed by atoms with van der Waals surface area (Å²) in [5, 5.41) is 2.71. The van der Waals surface area contributed by atoms with E-state index in [0.29, 0.717) is 24.6 Å². The maximum atomic E-state index is 12.4. The van der Waals surface area contributed by atoms with E-state index in [1.807, 2.05) is 18.2 Å². The molecule has 2 heterocycles. The fraction of sp³-hybridized carbons (Fsp3) is 0.381. The zero-order valence-corrected chi connectivity index (χ0v) is 16.8. The van der Waals surface area contributed by atoms with Crippen molar-refractivity contribution in [2.75, 3.05) is 51.8 Å². The molecule has 1 saturated heterocycles. The number of hydrogen-bond donors (Lipinski definition) is 1. The number of nitrogens with zero attached hydrogens (tertiary/aromatic N) is 3. The summed E-state index contributed by atoms with van der Waals surface area (Å²) >= 11 is 0. The van der Waals surface area contributed by atoms with E-state index in [1.54, 1.807) is 43.5 Å². The molecule has 1 aliphatic rings. The lowest BCUT2D eigenvalue weighted by molar-refractivity contribution is -0.133. The van der Waals surface area contributed by atoms with E-state index in [4.69, 9.17) is 9.47 Å². The summed E-state index contributed by atoms with van der Waals surface area (Å²) < 4.78 is 10.4. The van der Waals surface area contributed by atoms with E-state index in [9.17, 15) is 9.59 Å². The van der Waals surface area contributed by atoms with Crippen LogP contribution in [0.3, 0.4) is 0 Å². The molecule has 0 radical (unpaired) electrons. The van der Waals surface area contributed by atoms with Crippen LogP contribution in [0.5, 0.6) is 11.5 Å². The Labute approximate surface area is 170 Å². The number of nitrogens with one attached hydrogen (secondary N) is 1. The number of rotatable bonds is 7. The number of carbonyl (C=O) groups is 2. The molecule has 1 aromatic heterocycles. The van der Waals surface area contributed by atoms with Crippen molar-refractivity contribution in [2.24, 2.45) is 0 Å². The van der Waals surface area contributed by atoms with Crippen molar-refractivity contribution >= 4 is 17.6 Å². The van der Waals surface area contributed by atoms with Crippen molar-refractivity contribution in [1.82, 2.24) is 15.2 Å². The molecule has 0 unspecified atom stereocenters. The highest BCUT2D eigenvalue weighted by atomic mass is 16.5. The number of hydrogen-bond acceptors (Lipinski definition) is 6. The highest BCUT2D eigenvalue weighted by Crippen LogP contribution is 2.27. The lowest BCUT2D eigenvalue weighted by atomic mass is 10.1. The summed E-state index contributed by atoms with van der Waals surface area (Å²) in [6.07, 6.45) is 1.93. The van der Waals surface area contributed by atoms with Gasteiger partial charge in [0.25, 0.3) is 0 Å². The van der Waals surface area contributed by atoms with Crippen LogP contribution in [0.1, 0.15) is 5.56 Å². The van der Waals surface area contributed by atoms with E-state index in [0.717, 1.165) is 24.5 Å². The first-order valence-corrected chi connectivity index (χ1v) is 9.52. The molecule has 8 heteroatoms. The average molecular weight is 398 g/mol. The van der Waals surface area contributed by atoms with E-state index in [-0.39, 0.29) is 24.8 Å². The maximum Gasteiger partial charge on any atom is 0.242 e. The summed E-state index contributed by atoms with van der Waals surface area (Å²) in [4.78, 5) is 32.9. The number of carbonyl (C=O) groups excluding carboxylic acids is 2. The summed E-state index contributed by atoms with van der Waals surface area (Å²) in [7, 11) is 3.11. The number of anilines is 1. The third-order valence-electron chi connectivity index (χ3n) is 4.86. The first-order valence-electron chi connectivity index (χ1n) is 9.52. The smallest absolute Gasteiger partial charge is 0.242 e. The van der Waals surface area contributed by atoms with Gasteiger partial charge in [0.2, 0.25) is 11.8 Å². The molecule has 8 nitrogen and oxygen atoms in total. The van der Waals surface area contributed by atoms with Crippen LogP contribution in [0.25, 0.3) is 0 Å². The number of amides is 2. The molecule has 1 fully saturated rings. The van der Waals surface area contributed by atoms with Gasteiger partial charge in [-0.2, -0.15) is 0 Å². The summed E-state index contributed by atoms with van der Waals surface area (Å²) in [6.45, 7) is 2.67. The van der Waals surface area contributed by atoms with Gasteiger partial charge < -0.3 is 24.6 Å². The molecule has 3 rings (SSSR count). The van der Waals surface area contributed by atoms with Crippen LogP contribution in [0.15, 0.2) is 42.6 Å². The van der Waals surface area contributed by atoms with Crippen LogP contribution in [0.4, 0.5) is 5.82 Å². The molecule has 1 aliphatic heterocycles. The monoisotopic (exact) mass is 398 g/mol. The van der Waals surface area contributed by atoms with Crippen molar-refractivity contribution in [3.63, 3.8) is 0 Å². The van der Waals surface area contributed by atoms with Crippen molar-refractivity contribution in [3.05, 3.63) is 48.2 Å². The molecular formula is C21H26N4O4. The van der Waals surface area contributed by atoms with E-state index in [1.165, 1.54) is 0 Å². The van der Waals surface area contributed by atoms with Crippen molar-refractivity contribution in [2.45, 2.75) is 6.42 Å². The predicted octanol–water partition coefficient (Wildman–Crippen LogP) is 1.11. The number of benzene rings is 1. The highest BCUT2D eigenvalue weighted by molar-refractivity contribution is 5.86. The van der Waals surface area contributed by atoms with Gasteiger partial charge in [-0.1, -0.05) is 12.1 Å². The van der Waals surface area contributed by atoms with Gasteiger partial charge in [-0.3, -0.25) is 9.59 Å². The first-order chi connectivity index (χ1) is 14.1. The zero-order chi connectivity index (χ0) is 20.6. The Morgan fingerprint density at radius 2 is 1.79 bits per heavy atom. The number of piperazine rings is 1. The van der Waals surface area contributed by atoms with Gasteiger partial charge in [0.15, 0.2) is 11.5 Å². The molecule has 1 aromatic carbocycles. The Bertz CT molecular complexity index is 836. The third-order valence-corrected chi connectivity index (χ3v) is 4.86. The average Bonchev–Trinajstić information content (AvgIpc) is 2.78. The van der Waals surface area contributed by atoms with Gasteiger partial charge in [-0.25, -0.2) is 4.98 Å². The quantitative estimate of drug-likeness (QED) is 0.752. The van der Waals surface area contributed by atoms with Crippen LogP contribution >= 0.6 is 0 Å². The summed E-state index contributed by atoms with van der Waals surface area (Å²) in [6, 6.07) is 11.1. The number of methoxy groups -OCH3 is 2. The van der Waals surface area contributed by atoms with Gasteiger partial charge in [-0.05, 0) is 29.8 Å². The Hall–Kier alpha value is -3.29. The normalized spacial score (nSPS) is 13.7. The van der Waals surface area contributed by atoms with Crippen LogP contribution < -0.4 is 19.7 Å². The fourth-order valence-electron chi connectivity index (χ4n) is 3.25. The molecule has 0 aliphatic carbocycles. The van der Waals surface area contributed by atoms with Crippen molar-refractivity contribution < 1.29 is 19.1 Å². The molecule has 0 saturated carbocycles. The van der Waals surface area contributed by atoms with Gasteiger partial charge in [0.1, 0.15) is 5.82 Å². The number of aromatic nitrogens is 1. The molecule has 29 heavy (non-hydrogen) atoms. The van der Waals surface area contributed by atoms with Gasteiger partial charge in [0, 0.05) is 32.4 Å². The topological polar surface area (TPSA) is 84.0 Å². The molecule has 2 aromatic rings. The fourth-order valence-corrected chi connectivity index (χ4v) is 3.25. The molecular weight excluding hydrogens is 372 g/mol.